The second-order valence-corrected chi connectivity index (χ2v) is 7.58. The molecule has 0 unspecified atom stereocenters. The van der Waals surface area contributed by atoms with Gasteiger partial charge in [-0.05, 0) is 38.8 Å². The van der Waals surface area contributed by atoms with Crippen molar-refractivity contribution in [1.82, 2.24) is 9.88 Å². The zero-order chi connectivity index (χ0) is 15.4. The van der Waals surface area contributed by atoms with Crippen molar-refractivity contribution >= 4 is 17.3 Å². The van der Waals surface area contributed by atoms with Gasteiger partial charge in [0.05, 0.1) is 5.01 Å². The van der Waals surface area contributed by atoms with Crippen LogP contribution in [0.4, 0.5) is 0 Å². The molecule has 0 spiro atoms. The summed E-state index contributed by atoms with van der Waals surface area (Å²) in [5, 5.41) is 11.7. The summed E-state index contributed by atoms with van der Waals surface area (Å²) in [7, 11) is 0. The summed E-state index contributed by atoms with van der Waals surface area (Å²) in [6, 6.07) is 0.784. The van der Waals surface area contributed by atoms with E-state index in [4.69, 9.17) is 5.11 Å². The molecule has 1 aliphatic carbocycles. The molecular formula is C17H26N2O2S. The fourth-order valence-electron chi connectivity index (χ4n) is 3.88. The number of rotatable bonds is 3. The van der Waals surface area contributed by atoms with E-state index in [1.807, 2.05) is 0 Å². The molecule has 0 atom stereocenters. The standard InChI is InChI=1S/C17H26N2O2S/c20-17(21)15-12-22-16(18-15)13-8-10-19(11-9-13)14-6-4-2-1-3-5-7-14/h12-14H,1-11H2,(H,20,21). The molecule has 122 valence electrons. The number of thiazole rings is 1. The van der Waals surface area contributed by atoms with E-state index in [1.54, 1.807) is 5.38 Å². The number of likely N-dealkylation sites (tertiary alicyclic amines) is 1. The van der Waals surface area contributed by atoms with Gasteiger partial charge < -0.3 is 10.0 Å². The Morgan fingerprint density at radius 1 is 1.09 bits per heavy atom. The Labute approximate surface area is 136 Å². The predicted octanol–water partition coefficient (Wildman–Crippen LogP) is 4.13. The summed E-state index contributed by atoms with van der Waals surface area (Å²) >= 11 is 1.52. The highest BCUT2D eigenvalue weighted by Gasteiger charge is 2.27. The molecule has 1 saturated carbocycles. The highest BCUT2D eigenvalue weighted by Crippen LogP contribution is 2.32. The van der Waals surface area contributed by atoms with Crippen LogP contribution in [0.15, 0.2) is 5.38 Å². The molecule has 1 aromatic heterocycles. The van der Waals surface area contributed by atoms with Crippen LogP contribution in [0.25, 0.3) is 0 Å². The summed E-state index contributed by atoms with van der Waals surface area (Å²) in [5.41, 5.74) is 0.211. The van der Waals surface area contributed by atoms with Crippen molar-refractivity contribution in [2.24, 2.45) is 0 Å². The molecule has 2 fully saturated rings. The molecule has 3 rings (SSSR count). The lowest BCUT2D eigenvalue weighted by molar-refractivity contribution is 0.0691. The zero-order valence-corrected chi connectivity index (χ0v) is 14.0. The number of aromatic nitrogens is 1. The Morgan fingerprint density at radius 2 is 1.73 bits per heavy atom. The number of hydrogen-bond donors (Lipinski definition) is 1. The first-order valence-electron chi connectivity index (χ1n) is 8.67. The maximum absolute atomic E-state index is 11.0. The second-order valence-electron chi connectivity index (χ2n) is 6.69. The van der Waals surface area contributed by atoms with Crippen LogP contribution in [0.2, 0.25) is 0 Å². The number of carboxylic acids is 1. The minimum absolute atomic E-state index is 0.211. The normalized spacial score (nSPS) is 23.1. The second kappa shape index (κ2) is 7.55. The van der Waals surface area contributed by atoms with E-state index in [0.717, 1.165) is 37.0 Å². The van der Waals surface area contributed by atoms with Crippen LogP contribution < -0.4 is 0 Å². The smallest absolute Gasteiger partial charge is 0.355 e. The van der Waals surface area contributed by atoms with Gasteiger partial charge in [0, 0.05) is 17.3 Å². The third-order valence-electron chi connectivity index (χ3n) is 5.21. The topological polar surface area (TPSA) is 53.4 Å². The van der Waals surface area contributed by atoms with Gasteiger partial charge in [0.25, 0.3) is 0 Å². The van der Waals surface area contributed by atoms with Crippen LogP contribution >= 0.6 is 11.3 Å². The summed E-state index contributed by atoms with van der Waals surface area (Å²) in [6.45, 7) is 2.30. The third-order valence-corrected chi connectivity index (χ3v) is 6.22. The molecule has 1 N–H and O–H groups in total. The Kier molecular flexibility index (Phi) is 5.47. The molecule has 0 radical (unpaired) electrons. The van der Waals surface area contributed by atoms with Crippen LogP contribution in [0.5, 0.6) is 0 Å². The van der Waals surface area contributed by atoms with Gasteiger partial charge in [-0.2, -0.15) is 0 Å². The van der Waals surface area contributed by atoms with Crippen molar-refractivity contribution in [1.29, 1.82) is 0 Å². The van der Waals surface area contributed by atoms with Crippen LogP contribution in [-0.2, 0) is 0 Å². The first-order valence-corrected chi connectivity index (χ1v) is 9.55. The molecule has 4 nitrogen and oxygen atoms in total. The number of carbonyl (C=O) groups is 1. The zero-order valence-electron chi connectivity index (χ0n) is 13.2. The van der Waals surface area contributed by atoms with E-state index in [-0.39, 0.29) is 5.69 Å². The average molecular weight is 322 g/mol. The van der Waals surface area contributed by atoms with Crippen LogP contribution in [-0.4, -0.2) is 40.1 Å². The number of piperidine rings is 1. The van der Waals surface area contributed by atoms with Gasteiger partial charge in [0.15, 0.2) is 5.69 Å². The van der Waals surface area contributed by atoms with Gasteiger partial charge in [-0.1, -0.05) is 32.1 Å². The van der Waals surface area contributed by atoms with Gasteiger partial charge in [0.1, 0.15) is 0 Å². The molecular weight excluding hydrogens is 296 g/mol. The molecule has 0 amide bonds. The third kappa shape index (κ3) is 3.87. The van der Waals surface area contributed by atoms with Crippen molar-refractivity contribution in [3.8, 4) is 0 Å². The fraction of sp³-hybridized carbons (Fsp3) is 0.765. The minimum Gasteiger partial charge on any atom is -0.476 e. The monoisotopic (exact) mass is 322 g/mol. The highest BCUT2D eigenvalue weighted by molar-refractivity contribution is 7.09. The summed E-state index contributed by atoms with van der Waals surface area (Å²) in [6.07, 6.45) is 12.0. The summed E-state index contributed by atoms with van der Waals surface area (Å²) < 4.78 is 0. The van der Waals surface area contributed by atoms with Crippen molar-refractivity contribution in [2.45, 2.75) is 69.7 Å². The van der Waals surface area contributed by atoms with E-state index in [9.17, 15) is 4.79 Å². The molecule has 0 aromatic carbocycles. The number of nitrogens with zero attached hydrogens (tertiary/aromatic N) is 2. The molecule has 1 aromatic rings. The van der Waals surface area contributed by atoms with E-state index in [0.29, 0.717) is 5.92 Å². The lowest BCUT2D eigenvalue weighted by Crippen LogP contribution is -2.41. The molecule has 22 heavy (non-hydrogen) atoms. The number of hydrogen-bond acceptors (Lipinski definition) is 4. The molecule has 0 bridgehead atoms. The Hall–Kier alpha value is -0.940. The van der Waals surface area contributed by atoms with Crippen molar-refractivity contribution < 1.29 is 9.90 Å². The van der Waals surface area contributed by atoms with Crippen LogP contribution in [0.3, 0.4) is 0 Å². The summed E-state index contributed by atoms with van der Waals surface area (Å²) in [5.74, 6) is -0.447. The van der Waals surface area contributed by atoms with Crippen LogP contribution in [0.1, 0.15) is 79.2 Å². The van der Waals surface area contributed by atoms with Gasteiger partial charge in [0.2, 0.25) is 0 Å². The largest absolute Gasteiger partial charge is 0.476 e. The average Bonchev–Trinajstić information content (AvgIpc) is 2.97. The molecule has 5 heteroatoms. The Balaban J connectivity index is 1.53. The SMILES string of the molecule is O=C(O)c1csc(C2CCN(C3CCCCCCC3)CC2)n1. The van der Waals surface area contributed by atoms with Gasteiger partial charge in [-0.15, -0.1) is 11.3 Å². The molecule has 1 aliphatic heterocycles. The van der Waals surface area contributed by atoms with E-state index >= 15 is 0 Å². The molecule has 2 aliphatic rings. The van der Waals surface area contributed by atoms with Gasteiger partial charge in [-0.3, -0.25) is 0 Å². The van der Waals surface area contributed by atoms with Crippen molar-refractivity contribution in [2.75, 3.05) is 13.1 Å². The van der Waals surface area contributed by atoms with E-state index in [1.165, 1.54) is 56.3 Å². The summed E-state index contributed by atoms with van der Waals surface area (Å²) in [4.78, 5) is 17.9. The van der Waals surface area contributed by atoms with Crippen LogP contribution in [0, 0.1) is 0 Å². The highest BCUT2D eigenvalue weighted by atomic mass is 32.1. The van der Waals surface area contributed by atoms with Crippen molar-refractivity contribution in [3.63, 3.8) is 0 Å². The fourth-order valence-corrected chi connectivity index (χ4v) is 4.85. The maximum atomic E-state index is 11.0. The van der Waals surface area contributed by atoms with E-state index < -0.39 is 5.97 Å². The predicted molar refractivity (Wildman–Crippen MR) is 88.7 cm³/mol. The van der Waals surface area contributed by atoms with Crippen molar-refractivity contribution in [3.05, 3.63) is 16.1 Å². The lowest BCUT2D eigenvalue weighted by Gasteiger charge is -2.38. The Bertz CT molecular complexity index is 487. The number of aromatic carboxylic acids is 1. The molecule has 1 saturated heterocycles. The lowest BCUT2D eigenvalue weighted by atomic mass is 9.91. The van der Waals surface area contributed by atoms with Gasteiger partial charge in [-0.25, -0.2) is 9.78 Å². The first-order chi connectivity index (χ1) is 10.7. The Morgan fingerprint density at radius 3 is 2.32 bits per heavy atom. The van der Waals surface area contributed by atoms with E-state index in [2.05, 4.69) is 9.88 Å². The molecule has 2 heterocycles. The maximum Gasteiger partial charge on any atom is 0.355 e. The first kappa shape index (κ1) is 15.9. The number of carboxylic acid groups (broad SMARTS) is 1. The quantitative estimate of drug-likeness (QED) is 0.909. The van der Waals surface area contributed by atoms with Gasteiger partial charge >= 0.3 is 5.97 Å². The minimum atomic E-state index is -0.908.